The molecule has 0 bridgehead atoms. The van der Waals surface area contributed by atoms with Gasteiger partial charge in [0, 0.05) is 12.7 Å². The maximum absolute atomic E-state index is 13.0. The van der Waals surface area contributed by atoms with Crippen LogP contribution in [0.1, 0.15) is 35.1 Å². The summed E-state index contributed by atoms with van der Waals surface area (Å²) in [7, 11) is 1.71. The summed E-state index contributed by atoms with van der Waals surface area (Å²) < 4.78 is 38.9. The van der Waals surface area contributed by atoms with Crippen LogP contribution in [-0.2, 0) is 11.7 Å². The second-order valence-corrected chi connectivity index (χ2v) is 6.91. The third kappa shape index (κ3) is 3.22. The molecule has 0 saturated carbocycles. The first-order valence-electron chi connectivity index (χ1n) is 8.53. The van der Waals surface area contributed by atoms with Crippen molar-refractivity contribution in [1.82, 2.24) is 4.90 Å². The van der Waals surface area contributed by atoms with E-state index in [0.717, 1.165) is 17.7 Å². The summed E-state index contributed by atoms with van der Waals surface area (Å²) in [6, 6.07) is 14.0. The fraction of sp³-hybridized carbons (Fsp3) is 0.238. The smallest absolute Gasteiger partial charge is 0.370 e. The lowest BCUT2D eigenvalue weighted by Gasteiger charge is -2.44. The highest BCUT2D eigenvalue weighted by molar-refractivity contribution is 5.82. The molecule has 3 rings (SSSR count). The third-order valence-electron chi connectivity index (χ3n) is 5.16. The molecule has 1 aliphatic rings. The molecule has 0 radical (unpaired) electrons. The summed E-state index contributed by atoms with van der Waals surface area (Å²) in [4.78, 5) is 6.27. The lowest BCUT2D eigenvalue weighted by atomic mass is 9.73. The van der Waals surface area contributed by atoms with E-state index < -0.39 is 23.2 Å². The summed E-state index contributed by atoms with van der Waals surface area (Å²) in [6.45, 7) is 5.96. The zero-order valence-corrected chi connectivity index (χ0v) is 15.5. The highest BCUT2D eigenvalue weighted by atomic mass is 19.4. The number of alkyl halides is 3. The number of hydrogen-bond acceptors (Lipinski definition) is 4. The number of nitrogens with zero attached hydrogens (tertiary/aromatic N) is 3. The van der Waals surface area contributed by atoms with E-state index in [-0.39, 0.29) is 5.96 Å². The summed E-state index contributed by atoms with van der Waals surface area (Å²) >= 11 is 0. The third-order valence-corrected chi connectivity index (χ3v) is 5.16. The minimum absolute atomic E-state index is 0.248. The Labute approximate surface area is 161 Å². The average molecular weight is 384 g/mol. The van der Waals surface area contributed by atoms with Gasteiger partial charge in [-0.15, -0.1) is 0 Å². The molecule has 0 unspecified atom stereocenters. The van der Waals surface area contributed by atoms with Gasteiger partial charge in [-0.2, -0.15) is 18.4 Å². The molecule has 7 heteroatoms. The van der Waals surface area contributed by atoms with E-state index in [0.29, 0.717) is 16.8 Å². The molecule has 1 heterocycles. The molecule has 0 fully saturated rings. The molecule has 1 aliphatic heterocycles. The SMILES string of the molecule is C=C1[C@@H](c2ccc(C(F)(F)F)cc2)[C@@](C)(c2cccc(C#N)c2)N=C(N)N1C. The monoisotopic (exact) mass is 384 g/mol. The van der Waals surface area contributed by atoms with Gasteiger partial charge < -0.3 is 10.6 Å². The molecule has 0 aliphatic carbocycles. The molecule has 0 aromatic heterocycles. The molecule has 4 nitrogen and oxygen atoms in total. The predicted octanol–water partition coefficient (Wildman–Crippen LogP) is 4.35. The van der Waals surface area contributed by atoms with Crippen LogP contribution in [0.15, 0.2) is 65.8 Å². The van der Waals surface area contributed by atoms with Crippen molar-refractivity contribution in [2.24, 2.45) is 10.7 Å². The van der Waals surface area contributed by atoms with Crippen molar-refractivity contribution in [3.8, 4) is 6.07 Å². The fourth-order valence-corrected chi connectivity index (χ4v) is 3.56. The second kappa shape index (κ2) is 6.71. The highest BCUT2D eigenvalue weighted by Crippen LogP contribution is 2.48. The van der Waals surface area contributed by atoms with Crippen molar-refractivity contribution < 1.29 is 13.2 Å². The normalized spacial score (nSPS) is 22.6. The highest BCUT2D eigenvalue weighted by Gasteiger charge is 2.44. The first-order chi connectivity index (χ1) is 13.1. The molecule has 2 aromatic carbocycles. The predicted molar refractivity (Wildman–Crippen MR) is 101 cm³/mol. The standard InChI is InChI=1S/C21H19F3N4/c1-13-18(15-7-9-16(10-8-15)21(22,23)24)20(2,27-19(26)28(13)3)17-6-4-5-14(11-17)12-25/h4-11,18H,1H2,2-3H3,(H2,26,27)/t18-,20+/m0/s1. The lowest BCUT2D eigenvalue weighted by molar-refractivity contribution is -0.137. The van der Waals surface area contributed by atoms with Gasteiger partial charge >= 0.3 is 6.18 Å². The molecule has 2 N–H and O–H groups in total. The lowest BCUT2D eigenvalue weighted by Crippen LogP contribution is -2.47. The van der Waals surface area contributed by atoms with Crippen molar-refractivity contribution in [1.29, 1.82) is 5.26 Å². The van der Waals surface area contributed by atoms with Gasteiger partial charge in [-0.05, 0) is 42.3 Å². The molecule has 2 atom stereocenters. The first-order valence-corrected chi connectivity index (χ1v) is 8.53. The fourth-order valence-electron chi connectivity index (χ4n) is 3.56. The van der Waals surface area contributed by atoms with Gasteiger partial charge in [0.25, 0.3) is 0 Å². The Kier molecular flexibility index (Phi) is 4.67. The van der Waals surface area contributed by atoms with Crippen LogP contribution in [0.25, 0.3) is 0 Å². The van der Waals surface area contributed by atoms with Gasteiger partial charge in [-0.1, -0.05) is 30.8 Å². The maximum Gasteiger partial charge on any atom is 0.416 e. The minimum Gasteiger partial charge on any atom is -0.370 e. The van der Waals surface area contributed by atoms with Gasteiger partial charge in [-0.25, -0.2) is 4.99 Å². The Bertz CT molecular complexity index is 986. The molecule has 144 valence electrons. The van der Waals surface area contributed by atoms with Crippen molar-refractivity contribution in [2.75, 3.05) is 7.05 Å². The molecule has 0 spiro atoms. The van der Waals surface area contributed by atoms with Crippen molar-refractivity contribution in [2.45, 2.75) is 24.6 Å². The van der Waals surface area contributed by atoms with Crippen LogP contribution >= 0.6 is 0 Å². The van der Waals surface area contributed by atoms with Gasteiger partial charge in [0.2, 0.25) is 0 Å². The topological polar surface area (TPSA) is 65.4 Å². The molecular weight excluding hydrogens is 365 g/mol. The Morgan fingerprint density at radius 1 is 1.21 bits per heavy atom. The van der Waals surface area contributed by atoms with E-state index in [2.05, 4.69) is 17.6 Å². The Morgan fingerprint density at radius 2 is 1.86 bits per heavy atom. The van der Waals surface area contributed by atoms with Gasteiger partial charge in [0.05, 0.1) is 28.7 Å². The first kappa shape index (κ1) is 19.5. The van der Waals surface area contributed by atoms with E-state index >= 15 is 0 Å². The number of hydrogen-bond donors (Lipinski definition) is 1. The van der Waals surface area contributed by atoms with E-state index in [4.69, 9.17) is 5.73 Å². The zero-order valence-electron chi connectivity index (χ0n) is 15.5. The van der Waals surface area contributed by atoms with Gasteiger partial charge in [0.1, 0.15) is 0 Å². The number of nitriles is 1. The van der Waals surface area contributed by atoms with Crippen molar-refractivity contribution in [3.05, 3.63) is 83.1 Å². The second-order valence-electron chi connectivity index (χ2n) is 6.91. The van der Waals surface area contributed by atoms with Crippen molar-refractivity contribution >= 4 is 5.96 Å². The van der Waals surface area contributed by atoms with Crippen LogP contribution < -0.4 is 5.73 Å². The number of benzene rings is 2. The summed E-state index contributed by atoms with van der Waals surface area (Å²) in [5, 5.41) is 9.24. The molecular formula is C21H19F3N4. The molecule has 28 heavy (non-hydrogen) atoms. The Hall–Kier alpha value is -3.27. The van der Waals surface area contributed by atoms with E-state index in [1.807, 2.05) is 13.0 Å². The largest absolute Gasteiger partial charge is 0.416 e. The Balaban J connectivity index is 2.18. The van der Waals surface area contributed by atoms with Crippen LogP contribution in [0, 0.1) is 11.3 Å². The van der Waals surface area contributed by atoms with E-state index in [1.54, 1.807) is 30.1 Å². The Morgan fingerprint density at radius 3 is 2.43 bits per heavy atom. The van der Waals surface area contributed by atoms with Crippen molar-refractivity contribution in [3.63, 3.8) is 0 Å². The molecule has 2 aromatic rings. The number of nitrogens with two attached hydrogens (primary N) is 1. The quantitative estimate of drug-likeness (QED) is 0.837. The average Bonchev–Trinajstić information content (AvgIpc) is 2.66. The number of likely N-dealkylation sites (N-methyl/N-ethyl adjacent to an activating group) is 1. The maximum atomic E-state index is 13.0. The van der Waals surface area contributed by atoms with E-state index in [9.17, 15) is 18.4 Å². The van der Waals surface area contributed by atoms with Gasteiger partial charge in [-0.3, -0.25) is 0 Å². The number of guanidine groups is 1. The number of rotatable bonds is 2. The molecule has 0 saturated heterocycles. The van der Waals surface area contributed by atoms with Crippen LogP contribution in [-0.4, -0.2) is 17.9 Å². The summed E-state index contributed by atoms with van der Waals surface area (Å²) in [5.41, 5.74) is 6.86. The number of halogens is 3. The van der Waals surface area contributed by atoms with Crippen LogP contribution in [0.5, 0.6) is 0 Å². The van der Waals surface area contributed by atoms with Gasteiger partial charge in [0.15, 0.2) is 5.96 Å². The van der Waals surface area contributed by atoms with Crippen LogP contribution in [0.3, 0.4) is 0 Å². The van der Waals surface area contributed by atoms with Crippen LogP contribution in [0.2, 0.25) is 0 Å². The van der Waals surface area contributed by atoms with Crippen LogP contribution in [0.4, 0.5) is 13.2 Å². The number of aliphatic imine (C=N–C) groups is 1. The summed E-state index contributed by atoms with van der Waals surface area (Å²) in [6.07, 6.45) is -4.41. The zero-order chi connectivity index (χ0) is 20.7. The minimum atomic E-state index is -4.41. The van der Waals surface area contributed by atoms with E-state index in [1.165, 1.54) is 12.1 Å². The summed E-state index contributed by atoms with van der Waals surface area (Å²) in [5.74, 6) is -0.209. The molecule has 0 amide bonds.